The van der Waals surface area contributed by atoms with Gasteiger partial charge in [0.05, 0.1) is 0 Å². The number of aryl methyl sites for hydroxylation is 1. The summed E-state index contributed by atoms with van der Waals surface area (Å²) in [6.45, 7) is 5.39. The summed E-state index contributed by atoms with van der Waals surface area (Å²) in [7, 11) is 2.07. The van der Waals surface area contributed by atoms with E-state index in [2.05, 4.69) is 27.3 Å². The maximum absolute atomic E-state index is 10.9. The molecule has 7 heteroatoms. The Bertz CT molecular complexity index is 443. The first-order chi connectivity index (χ1) is 8.54. The van der Waals surface area contributed by atoms with E-state index in [1.54, 1.807) is 6.92 Å². The number of hydrogen-bond donors (Lipinski definition) is 2. The first-order valence-electron chi connectivity index (χ1n) is 5.84. The van der Waals surface area contributed by atoms with Crippen molar-refractivity contribution in [1.82, 2.24) is 19.9 Å². The molecule has 0 saturated carbocycles. The number of hydrogen-bond acceptors (Lipinski definition) is 6. The van der Waals surface area contributed by atoms with Crippen molar-refractivity contribution >= 4 is 11.9 Å². The maximum atomic E-state index is 10.9. The fourth-order valence-corrected chi connectivity index (χ4v) is 1.79. The molecular formula is C11H17N5O2. The highest BCUT2D eigenvalue weighted by atomic mass is 16.4. The van der Waals surface area contributed by atoms with Gasteiger partial charge in [0.2, 0.25) is 5.95 Å². The fourth-order valence-electron chi connectivity index (χ4n) is 1.79. The van der Waals surface area contributed by atoms with Crippen LogP contribution in [0.3, 0.4) is 0 Å². The predicted octanol–water partition coefficient (Wildman–Crippen LogP) is 0.0575. The van der Waals surface area contributed by atoms with Crippen molar-refractivity contribution in [2.75, 3.05) is 38.7 Å². The van der Waals surface area contributed by atoms with Crippen molar-refractivity contribution in [1.29, 1.82) is 0 Å². The number of carboxylic acids is 1. The van der Waals surface area contributed by atoms with Crippen molar-refractivity contribution in [2.45, 2.75) is 6.92 Å². The van der Waals surface area contributed by atoms with Crippen LogP contribution >= 0.6 is 0 Å². The van der Waals surface area contributed by atoms with E-state index in [0.29, 0.717) is 11.6 Å². The van der Waals surface area contributed by atoms with Crippen molar-refractivity contribution in [3.63, 3.8) is 0 Å². The lowest BCUT2D eigenvalue weighted by Gasteiger charge is -2.32. The van der Waals surface area contributed by atoms with Gasteiger partial charge >= 0.3 is 5.97 Å². The molecular weight excluding hydrogens is 234 g/mol. The van der Waals surface area contributed by atoms with Gasteiger partial charge in [-0.1, -0.05) is 0 Å². The normalized spacial score (nSPS) is 17.7. The van der Waals surface area contributed by atoms with Crippen molar-refractivity contribution in [3.05, 3.63) is 17.5 Å². The lowest BCUT2D eigenvalue weighted by Crippen LogP contribution is -2.47. The zero-order valence-electron chi connectivity index (χ0n) is 10.6. The summed E-state index contributed by atoms with van der Waals surface area (Å²) in [4.78, 5) is 21.3. The molecule has 1 aliphatic heterocycles. The number of carboxylic acid groups (broad SMARTS) is 1. The molecule has 0 bridgehead atoms. The Morgan fingerprint density at radius 1 is 1.33 bits per heavy atom. The van der Waals surface area contributed by atoms with Crippen LogP contribution in [0.1, 0.15) is 16.2 Å². The Balaban J connectivity index is 2.07. The lowest BCUT2D eigenvalue weighted by molar-refractivity contribution is 0.0690. The van der Waals surface area contributed by atoms with Crippen LogP contribution in [0.5, 0.6) is 0 Å². The summed E-state index contributed by atoms with van der Waals surface area (Å²) < 4.78 is 0. The molecule has 0 atom stereocenters. The number of piperazine rings is 1. The van der Waals surface area contributed by atoms with Gasteiger partial charge in [0.1, 0.15) is 0 Å². The summed E-state index contributed by atoms with van der Waals surface area (Å²) in [6.07, 6.45) is 0. The zero-order valence-corrected chi connectivity index (χ0v) is 10.6. The highest BCUT2D eigenvalue weighted by Gasteiger charge is 2.15. The van der Waals surface area contributed by atoms with Gasteiger partial charge in [0.15, 0.2) is 5.69 Å². The van der Waals surface area contributed by atoms with E-state index in [1.165, 1.54) is 6.07 Å². The van der Waals surface area contributed by atoms with Gasteiger partial charge in [-0.05, 0) is 20.0 Å². The van der Waals surface area contributed by atoms with E-state index in [-0.39, 0.29) is 5.69 Å². The molecule has 98 valence electrons. The minimum absolute atomic E-state index is 0.0131. The van der Waals surface area contributed by atoms with E-state index < -0.39 is 5.97 Å². The standard InChI is InChI=1S/C11H17N5O2/c1-8-7-9(10(17)18)13-11(12-8)14-16-5-3-15(2)4-6-16/h7H,3-6H2,1-2H3,(H,17,18)(H,12,13,14). The van der Waals surface area contributed by atoms with Crippen LogP contribution in [0.25, 0.3) is 0 Å². The van der Waals surface area contributed by atoms with Gasteiger partial charge in [-0.15, -0.1) is 0 Å². The van der Waals surface area contributed by atoms with E-state index in [1.807, 2.05) is 5.01 Å². The second-order valence-electron chi connectivity index (χ2n) is 4.43. The molecule has 1 fully saturated rings. The average Bonchev–Trinajstić information content (AvgIpc) is 2.31. The SMILES string of the molecule is Cc1cc(C(=O)O)nc(NN2CCN(C)CC2)n1. The molecule has 1 aliphatic rings. The monoisotopic (exact) mass is 251 g/mol. The molecule has 0 unspecified atom stereocenters. The quantitative estimate of drug-likeness (QED) is 0.786. The van der Waals surface area contributed by atoms with Gasteiger partial charge in [0, 0.05) is 31.9 Å². The zero-order chi connectivity index (χ0) is 13.1. The molecule has 1 aromatic rings. The average molecular weight is 251 g/mol. The van der Waals surface area contributed by atoms with Gasteiger partial charge in [0.25, 0.3) is 0 Å². The summed E-state index contributed by atoms with van der Waals surface area (Å²) >= 11 is 0. The second kappa shape index (κ2) is 5.28. The van der Waals surface area contributed by atoms with Crippen LogP contribution in [0.15, 0.2) is 6.07 Å². The molecule has 1 saturated heterocycles. The Morgan fingerprint density at radius 3 is 2.61 bits per heavy atom. The lowest BCUT2D eigenvalue weighted by atomic mass is 10.3. The molecule has 0 aliphatic carbocycles. The van der Waals surface area contributed by atoms with Crippen molar-refractivity contribution < 1.29 is 9.90 Å². The molecule has 7 nitrogen and oxygen atoms in total. The Labute approximate surface area is 105 Å². The van der Waals surface area contributed by atoms with Gasteiger partial charge in [-0.2, -0.15) is 0 Å². The number of rotatable bonds is 3. The number of aromatic carboxylic acids is 1. The van der Waals surface area contributed by atoms with Gasteiger partial charge < -0.3 is 10.0 Å². The maximum Gasteiger partial charge on any atom is 0.354 e. The Hall–Kier alpha value is -1.73. The summed E-state index contributed by atoms with van der Waals surface area (Å²) in [5.74, 6) is -0.695. The van der Waals surface area contributed by atoms with Crippen LogP contribution in [-0.2, 0) is 0 Å². The molecule has 0 radical (unpaired) electrons. The van der Waals surface area contributed by atoms with E-state index in [0.717, 1.165) is 26.2 Å². The number of hydrazine groups is 1. The van der Waals surface area contributed by atoms with E-state index in [4.69, 9.17) is 5.11 Å². The van der Waals surface area contributed by atoms with Gasteiger partial charge in [-0.25, -0.2) is 19.8 Å². The molecule has 0 amide bonds. The van der Waals surface area contributed by atoms with E-state index >= 15 is 0 Å². The van der Waals surface area contributed by atoms with E-state index in [9.17, 15) is 4.79 Å². The molecule has 2 N–H and O–H groups in total. The van der Waals surface area contributed by atoms with Crippen molar-refractivity contribution in [2.24, 2.45) is 0 Å². The Kier molecular flexibility index (Phi) is 3.73. The van der Waals surface area contributed by atoms with Crippen LogP contribution < -0.4 is 5.43 Å². The highest BCUT2D eigenvalue weighted by molar-refractivity contribution is 5.85. The van der Waals surface area contributed by atoms with Crippen LogP contribution in [0.2, 0.25) is 0 Å². The Morgan fingerprint density at radius 2 is 2.00 bits per heavy atom. The number of likely N-dealkylation sites (N-methyl/N-ethyl adjacent to an activating group) is 1. The summed E-state index contributed by atoms with van der Waals surface area (Å²) in [5.41, 5.74) is 3.71. The molecule has 18 heavy (non-hydrogen) atoms. The van der Waals surface area contributed by atoms with Gasteiger partial charge in [-0.3, -0.25) is 5.43 Å². The first-order valence-corrected chi connectivity index (χ1v) is 5.84. The third-order valence-electron chi connectivity index (χ3n) is 2.83. The minimum atomic E-state index is -1.04. The number of nitrogens with zero attached hydrogens (tertiary/aromatic N) is 4. The summed E-state index contributed by atoms with van der Waals surface area (Å²) in [6, 6.07) is 1.46. The van der Waals surface area contributed by atoms with Crippen molar-refractivity contribution in [3.8, 4) is 0 Å². The van der Waals surface area contributed by atoms with Crippen LogP contribution in [0, 0.1) is 6.92 Å². The van der Waals surface area contributed by atoms with Crippen LogP contribution in [0.4, 0.5) is 5.95 Å². The topological polar surface area (TPSA) is 81.6 Å². The highest BCUT2D eigenvalue weighted by Crippen LogP contribution is 2.07. The largest absolute Gasteiger partial charge is 0.477 e. The molecule has 0 spiro atoms. The van der Waals surface area contributed by atoms with Crippen LogP contribution in [-0.4, -0.2) is 64.2 Å². The number of aromatic nitrogens is 2. The minimum Gasteiger partial charge on any atom is -0.477 e. The molecule has 1 aromatic heterocycles. The summed E-state index contributed by atoms with van der Waals surface area (Å²) in [5, 5.41) is 10.9. The second-order valence-corrected chi connectivity index (χ2v) is 4.43. The first kappa shape index (κ1) is 12.7. The third kappa shape index (κ3) is 3.14. The third-order valence-corrected chi connectivity index (χ3v) is 2.83. The predicted molar refractivity (Wildman–Crippen MR) is 66.4 cm³/mol. The number of nitrogens with one attached hydrogen (secondary N) is 1. The molecule has 0 aromatic carbocycles. The number of carbonyl (C=O) groups is 1. The molecule has 2 rings (SSSR count). The molecule has 2 heterocycles. The number of anilines is 1. The smallest absolute Gasteiger partial charge is 0.354 e. The fraction of sp³-hybridized carbons (Fsp3) is 0.545.